The van der Waals surface area contributed by atoms with Gasteiger partial charge in [-0.3, -0.25) is 4.90 Å². The lowest BCUT2D eigenvalue weighted by molar-refractivity contribution is 0.172. The van der Waals surface area contributed by atoms with E-state index in [9.17, 15) is 0 Å². The topological polar surface area (TPSA) is 28.2 Å². The van der Waals surface area contributed by atoms with Crippen LogP contribution in [0.2, 0.25) is 0 Å². The van der Waals surface area contributed by atoms with Gasteiger partial charge in [0.2, 0.25) is 0 Å². The summed E-state index contributed by atoms with van der Waals surface area (Å²) in [5.41, 5.74) is 2.50. The molecule has 1 aliphatic rings. The van der Waals surface area contributed by atoms with Gasteiger partial charge < -0.3 is 5.32 Å². The monoisotopic (exact) mass is 309 g/mol. The zero-order valence-electron chi connectivity index (χ0n) is 10.8. The van der Waals surface area contributed by atoms with Crippen molar-refractivity contribution in [3.8, 4) is 0 Å². The minimum Gasteiger partial charge on any atom is -0.314 e. The van der Waals surface area contributed by atoms with Gasteiger partial charge in [0.25, 0.3) is 0 Å². The lowest BCUT2D eigenvalue weighted by Crippen LogP contribution is -2.45. The fraction of sp³-hybridized carbons (Fsp3) is 0.500. The van der Waals surface area contributed by atoms with E-state index >= 15 is 0 Å². The highest BCUT2D eigenvalue weighted by Gasteiger charge is 2.22. The average molecular weight is 310 g/mol. The van der Waals surface area contributed by atoms with Crippen molar-refractivity contribution in [2.45, 2.75) is 19.4 Å². The second-order valence-electron chi connectivity index (χ2n) is 4.88. The smallest absolute Gasteiger partial charge is 0.106 e. The van der Waals surface area contributed by atoms with E-state index in [4.69, 9.17) is 0 Å². The van der Waals surface area contributed by atoms with Crippen LogP contribution >= 0.6 is 15.9 Å². The first-order valence-electron chi connectivity index (χ1n) is 6.37. The van der Waals surface area contributed by atoms with Crippen molar-refractivity contribution in [1.82, 2.24) is 15.2 Å². The summed E-state index contributed by atoms with van der Waals surface area (Å²) in [5.74, 6) is 0. The number of nitrogens with zero attached hydrogens (tertiary/aromatic N) is 2. The molecule has 18 heavy (non-hydrogen) atoms. The van der Waals surface area contributed by atoms with Crippen molar-refractivity contribution in [2.24, 2.45) is 0 Å². The molecule has 1 atom stereocenters. The summed E-state index contributed by atoms with van der Waals surface area (Å²) < 4.78 is 0.889. The first kappa shape index (κ1) is 13.7. The molecule has 1 aromatic heterocycles. The van der Waals surface area contributed by atoms with Crippen LogP contribution in [0.4, 0.5) is 0 Å². The number of aromatic nitrogens is 1. The van der Waals surface area contributed by atoms with E-state index < -0.39 is 0 Å². The minimum absolute atomic E-state index is 0.408. The maximum absolute atomic E-state index is 4.35. The molecule has 0 spiro atoms. The molecule has 0 amide bonds. The Morgan fingerprint density at radius 2 is 2.22 bits per heavy atom. The molecule has 0 bridgehead atoms. The van der Waals surface area contributed by atoms with Gasteiger partial charge in [0.15, 0.2) is 0 Å². The normalized spacial score (nSPS) is 18.6. The molecule has 0 aliphatic carbocycles. The highest BCUT2D eigenvalue weighted by molar-refractivity contribution is 9.10. The molecular formula is C14H20BrN3. The molecular weight excluding hydrogens is 290 g/mol. The van der Waals surface area contributed by atoms with Crippen molar-refractivity contribution in [3.63, 3.8) is 0 Å². The van der Waals surface area contributed by atoms with Gasteiger partial charge in [0.1, 0.15) is 4.60 Å². The fourth-order valence-electron chi connectivity index (χ4n) is 2.37. The summed E-state index contributed by atoms with van der Waals surface area (Å²) in [6.45, 7) is 10.5. The van der Waals surface area contributed by atoms with Gasteiger partial charge in [-0.15, -0.1) is 6.58 Å². The highest BCUT2D eigenvalue weighted by Crippen LogP contribution is 2.27. The standard InChI is InChI=1S/C14H20BrN3/c1-11(2)9-13(18-7-5-16-6-8-18)12-3-4-14(15)17-10-12/h3-4,10,13,16H,1,5-9H2,2H3/t13-/m0/s1. The number of pyridine rings is 1. The third-order valence-electron chi connectivity index (χ3n) is 3.27. The van der Waals surface area contributed by atoms with Crippen LogP contribution in [-0.4, -0.2) is 36.1 Å². The van der Waals surface area contributed by atoms with Crippen LogP contribution in [0.5, 0.6) is 0 Å². The number of halogens is 1. The Kier molecular flexibility index (Phi) is 4.92. The SMILES string of the molecule is C=C(C)C[C@@H](c1ccc(Br)nc1)N1CCNCC1. The Labute approximate surface area is 117 Å². The first-order chi connectivity index (χ1) is 8.66. The number of hydrogen-bond acceptors (Lipinski definition) is 3. The molecule has 0 aromatic carbocycles. The average Bonchev–Trinajstić information content (AvgIpc) is 2.38. The maximum Gasteiger partial charge on any atom is 0.106 e. The first-order valence-corrected chi connectivity index (χ1v) is 7.16. The number of hydrogen-bond donors (Lipinski definition) is 1. The molecule has 0 saturated carbocycles. The van der Waals surface area contributed by atoms with Crippen molar-refractivity contribution < 1.29 is 0 Å². The van der Waals surface area contributed by atoms with Crippen LogP contribution in [0.25, 0.3) is 0 Å². The van der Waals surface area contributed by atoms with E-state index in [1.165, 1.54) is 11.1 Å². The number of rotatable bonds is 4. The molecule has 2 rings (SSSR count). The third-order valence-corrected chi connectivity index (χ3v) is 3.74. The zero-order valence-corrected chi connectivity index (χ0v) is 12.4. The van der Waals surface area contributed by atoms with E-state index in [0.29, 0.717) is 6.04 Å². The Morgan fingerprint density at radius 1 is 1.50 bits per heavy atom. The maximum atomic E-state index is 4.35. The summed E-state index contributed by atoms with van der Waals surface area (Å²) in [6, 6.07) is 4.58. The van der Waals surface area contributed by atoms with Crippen LogP contribution in [0.3, 0.4) is 0 Å². The third kappa shape index (κ3) is 3.64. The van der Waals surface area contributed by atoms with Crippen LogP contribution in [0.1, 0.15) is 24.9 Å². The predicted molar refractivity (Wildman–Crippen MR) is 78.6 cm³/mol. The van der Waals surface area contributed by atoms with Gasteiger partial charge in [-0.25, -0.2) is 4.98 Å². The number of piperazine rings is 1. The Balaban J connectivity index is 2.17. The Bertz CT molecular complexity index is 396. The van der Waals surface area contributed by atoms with E-state index in [1.807, 2.05) is 12.3 Å². The predicted octanol–water partition coefficient (Wildman–Crippen LogP) is 2.76. The molecule has 1 aliphatic heterocycles. The summed E-state index contributed by atoms with van der Waals surface area (Å²) >= 11 is 3.39. The van der Waals surface area contributed by atoms with E-state index in [2.05, 4.69) is 50.7 Å². The summed E-state index contributed by atoms with van der Waals surface area (Å²) in [4.78, 5) is 6.87. The Morgan fingerprint density at radius 3 is 2.78 bits per heavy atom. The highest BCUT2D eigenvalue weighted by atomic mass is 79.9. The fourth-order valence-corrected chi connectivity index (χ4v) is 2.60. The van der Waals surface area contributed by atoms with Gasteiger partial charge in [-0.05, 0) is 40.9 Å². The van der Waals surface area contributed by atoms with Crippen molar-refractivity contribution in [2.75, 3.05) is 26.2 Å². The molecule has 2 heterocycles. The minimum atomic E-state index is 0.408. The summed E-state index contributed by atoms with van der Waals surface area (Å²) in [6.07, 6.45) is 2.98. The van der Waals surface area contributed by atoms with Crippen LogP contribution < -0.4 is 5.32 Å². The van der Waals surface area contributed by atoms with Gasteiger partial charge in [0.05, 0.1) is 0 Å². The van der Waals surface area contributed by atoms with Crippen LogP contribution in [0, 0.1) is 0 Å². The van der Waals surface area contributed by atoms with Gasteiger partial charge in [-0.1, -0.05) is 11.6 Å². The van der Waals surface area contributed by atoms with Crippen LogP contribution in [0.15, 0.2) is 35.1 Å². The largest absolute Gasteiger partial charge is 0.314 e. The molecule has 1 saturated heterocycles. The van der Waals surface area contributed by atoms with Crippen molar-refractivity contribution in [1.29, 1.82) is 0 Å². The van der Waals surface area contributed by atoms with E-state index in [0.717, 1.165) is 37.2 Å². The number of nitrogens with one attached hydrogen (secondary N) is 1. The second kappa shape index (κ2) is 6.45. The quantitative estimate of drug-likeness (QED) is 0.685. The lowest BCUT2D eigenvalue weighted by Gasteiger charge is -2.35. The van der Waals surface area contributed by atoms with Crippen molar-refractivity contribution in [3.05, 3.63) is 40.6 Å². The zero-order chi connectivity index (χ0) is 13.0. The van der Waals surface area contributed by atoms with E-state index in [-0.39, 0.29) is 0 Å². The second-order valence-corrected chi connectivity index (χ2v) is 5.69. The Hall–Kier alpha value is -0.710. The summed E-state index contributed by atoms with van der Waals surface area (Å²) in [5, 5.41) is 3.40. The van der Waals surface area contributed by atoms with E-state index in [1.54, 1.807) is 0 Å². The molecule has 3 nitrogen and oxygen atoms in total. The molecule has 98 valence electrons. The molecule has 1 N–H and O–H groups in total. The van der Waals surface area contributed by atoms with Gasteiger partial charge >= 0.3 is 0 Å². The molecule has 0 radical (unpaired) electrons. The molecule has 1 fully saturated rings. The van der Waals surface area contributed by atoms with Crippen LogP contribution in [-0.2, 0) is 0 Å². The molecule has 4 heteroatoms. The van der Waals surface area contributed by atoms with Gasteiger partial charge in [0, 0.05) is 38.4 Å². The summed E-state index contributed by atoms with van der Waals surface area (Å²) in [7, 11) is 0. The molecule has 1 aromatic rings. The van der Waals surface area contributed by atoms with Gasteiger partial charge in [-0.2, -0.15) is 0 Å². The molecule has 0 unspecified atom stereocenters. The van der Waals surface area contributed by atoms with Crippen molar-refractivity contribution >= 4 is 15.9 Å². The lowest BCUT2D eigenvalue weighted by atomic mass is 9.99.